The maximum Gasteiger partial charge on any atom is 0.00756 e. The summed E-state index contributed by atoms with van der Waals surface area (Å²) in [6.07, 6.45) is 0. The van der Waals surface area contributed by atoms with E-state index in [1.54, 1.807) is 0 Å². The van der Waals surface area contributed by atoms with Gasteiger partial charge >= 0.3 is 0 Å². The molecule has 0 spiro atoms. The summed E-state index contributed by atoms with van der Waals surface area (Å²) in [6.45, 7) is 0. The lowest BCUT2D eigenvalue weighted by Crippen LogP contribution is -1.60. The maximum atomic E-state index is 2.06. The molecule has 2 heteroatoms. The quantitative estimate of drug-likeness (QED) is 0.355. The van der Waals surface area contributed by atoms with E-state index < -0.39 is 0 Å². The molecule has 0 saturated heterocycles. The normalized spacial score (nSPS) is 8.25. The fourth-order valence-electron chi connectivity index (χ4n) is 0. The van der Waals surface area contributed by atoms with Crippen molar-refractivity contribution < 1.29 is 0 Å². The summed E-state index contributed by atoms with van der Waals surface area (Å²) in [5, 5.41) is 0. The second-order valence-corrected chi connectivity index (χ2v) is 2.56. The first-order valence-electron chi connectivity index (χ1n) is 1.71. The van der Waals surface area contributed by atoms with Gasteiger partial charge in [0, 0.05) is 20.5 Å². The Morgan fingerprint density at radius 2 is 2.00 bits per heavy atom. The van der Waals surface area contributed by atoms with Gasteiger partial charge in [0.05, 0.1) is 0 Å². The van der Waals surface area contributed by atoms with E-state index in [2.05, 4.69) is 10.2 Å². The number of hydrogen-bond acceptors (Lipinski definition) is 0. The Hall–Kier alpha value is 0.434. The van der Waals surface area contributed by atoms with Crippen LogP contribution in [0.5, 0.6) is 0 Å². The van der Waals surface area contributed by atoms with E-state index in [1.807, 2.05) is 0 Å². The Labute approximate surface area is 33.4 Å². The monoisotopic (exact) mass is 89.0 g/mol. The van der Waals surface area contributed by atoms with E-state index in [0.717, 1.165) is 0 Å². The van der Waals surface area contributed by atoms with Crippen molar-refractivity contribution in [1.82, 2.24) is 0 Å². The molecular formula is C2H9Si2. The fourth-order valence-corrected chi connectivity index (χ4v) is 0. The lowest BCUT2D eigenvalue weighted by atomic mass is 11.0. The molecule has 0 N–H and O–H groups in total. The third-order valence-electron chi connectivity index (χ3n) is 0.354. The fraction of sp³-hybridized carbons (Fsp3) is 1.00. The van der Waals surface area contributed by atoms with Gasteiger partial charge in [-0.1, -0.05) is 12.1 Å². The van der Waals surface area contributed by atoms with E-state index in [0.29, 0.717) is 0 Å². The second kappa shape index (κ2) is 3.43. The molecule has 0 heterocycles. The molecule has 0 aromatic carbocycles. The van der Waals surface area contributed by atoms with E-state index in [1.165, 1.54) is 22.3 Å². The first-order chi connectivity index (χ1) is 1.91. The molecule has 0 bridgehead atoms. The van der Waals surface area contributed by atoms with Crippen molar-refractivity contribution in [3.05, 3.63) is 0 Å². The van der Waals surface area contributed by atoms with Crippen molar-refractivity contribution >= 4 is 20.5 Å². The molecule has 0 aliphatic carbocycles. The van der Waals surface area contributed by atoms with Crippen molar-refractivity contribution in [3.63, 3.8) is 0 Å². The highest BCUT2D eigenvalue weighted by Crippen LogP contribution is 1.70. The Kier molecular flexibility index (Phi) is 3.81. The van der Waals surface area contributed by atoms with Crippen molar-refractivity contribution in [3.8, 4) is 0 Å². The summed E-state index contributed by atoms with van der Waals surface area (Å²) in [6, 6.07) is 2.88. The average molecular weight is 89.3 g/mol. The highest BCUT2D eigenvalue weighted by Gasteiger charge is 1.57. The van der Waals surface area contributed by atoms with Crippen LogP contribution >= 0.6 is 0 Å². The molecule has 1 radical (unpaired) electrons. The van der Waals surface area contributed by atoms with Crippen LogP contribution in [0.1, 0.15) is 0 Å². The molecule has 0 rings (SSSR count). The van der Waals surface area contributed by atoms with Gasteiger partial charge in [0.25, 0.3) is 0 Å². The largest absolute Gasteiger partial charge is 0.0689 e. The first kappa shape index (κ1) is 4.43. The summed E-state index contributed by atoms with van der Waals surface area (Å²) >= 11 is 0. The van der Waals surface area contributed by atoms with Crippen LogP contribution in [0.2, 0.25) is 12.1 Å². The maximum absolute atomic E-state index is 2.06. The van der Waals surface area contributed by atoms with Crippen LogP contribution in [-0.4, -0.2) is 20.5 Å². The summed E-state index contributed by atoms with van der Waals surface area (Å²) in [5.41, 5.74) is 0. The van der Waals surface area contributed by atoms with Crippen molar-refractivity contribution in [1.29, 1.82) is 0 Å². The molecule has 4 heavy (non-hydrogen) atoms. The molecule has 0 aliphatic heterocycles. The van der Waals surface area contributed by atoms with E-state index in [-0.39, 0.29) is 0 Å². The van der Waals surface area contributed by atoms with Crippen LogP contribution in [0.25, 0.3) is 0 Å². The highest BCUT2D eigenvalue weighted by molar-refractivity contribution is 6.16. The third-order valence-corrected chi connectivity index (χ3v) is 3.18. The average Bonchev–Trinajstić information content (AvgIpc) is 1.37. The molecule has 0 atom stereocenters. The molecule has 0 nitrogen and oxygen atoms in total. The molecule has 25 valence electrons. The molecule has 0 unspecified atom stereocenters. The Bertz CT molecular complexity index is 6.00. The Balaban J connectivity index is 1.97. The van der Waals surface area contributed by atoms with Gasteiger partial charge in [0.15, 0.2) is 0 Å². The zero-order valence-corrected chi connectivity index (χ0v) is 6.54. The van der Waals surface area contributed by atoms with E-state index >= 15 is 0 Å². The van der Waals surface area contributed by atoms with Crippen LogP contribution < -0.4 is 0 Å². The van der Waals surface area contributed by atoms with Crippen LogP contribution in [-0.2, 0) is 0 Å². The molecule has 0 aliphatic rings. The minimum absolute atomic E-state index is 1.40. The standard InChI is InChI=1S/C2H9Si2/c3-1-2-4/h1-3H2,4H3. The third kappa shape index (κ3) is 2.43. The van der Waals surface area contributed by atoms with Crippen molar-refractivity contribution in [2.45, 2.75) is 12.1 Å². The summed E-state index contributed by atoms with van der Waals surface area (Å²) in [4.78, 5) is 0. The van der Waals surface area contributed by atoms with E-state index in [4.69, 9.17) is 0 Å². The zero-order chi connectivity index (χ0) is 3.41. The van der Waals surface area contributed by atoms with Crippen LogP contribution in [0.15, 0.2) is 0 Å². The summed E-state index contributed by atoms with van der Waals surface area (Å²) < 4.78 is 0. The number of hydrogen-bond donors (Lipinski definition) is 0. The van der Waals surface area contributed by atoms with Crippen molar-refractivity contribution in [2.75, 3.05) is 0 Å². The predicted molar refractivity (Wildman–Crippen MR) is 28.1 cm³/mol. The van der Waals surface area contributed by atoms with Crippen LogP contribution in [0, 0.1) is 0 Å². The molecule has 0 fully saturated rings. The summed E-state index contributed by atoms with van der Waals surface area (Å²) in [7, 11) is 3.45. The predicted octanol–water partition coefficient (Wildman–Crippen LogP) is -1.18. The number of rotatable bonds is 1. The Morgan fingerprint density at radius 3 is 2.00 bits per heavy atom. The highest BCUT2D eigenvalue weighted by atomic mass is 28.2. The lowest BCUT2D eigenvalue weighted by Gasteiger charge is -1.67. The lowest BCUT2D eigenvalue weighted by molar-refractivity contribution is 1.46. The summed E-state index contributed by atoms with van der Waals surface area (Å²) in [5.74, 6) is 0. The smallest absolute Gasteiger partial charge is 0.00756 e. The molecule has 0 aromatic heterocycles. The van der Waals surface area contributed by atoms with Gasteiger partial charge in [0.2, 0.25) is 0 Å². The van der Waals surface area contributed by atoms with Crippen LogP contribution in [0.3, 0.4) is 0 Å². The minimum Gasteiger partial charge on any atom is -0.0689 e. The van der Waals surface area contributed by atoms with Gasteiger partial charge in [-0.15, -0.1) is 0 Å². The SMILES string of the molecule is [SiH2]CC[SiH3]. The topological polar surface area (TPSA) is 0 Å². The van der Waals surface area contributed by atoms with Gasteiger partial charge in [-0.3, -0.25) is 0 Å². The molecule has 0 saturated carbocycles. The van der Waals surface area contributed by atoms with Crippen LogP contribution in [0.4, 0.5) is 0 Å². The van der Waals surface area contributed by atoms with Gasteiger partial charge in [-0.05, 0) is 0 Å². The molecule has 0 amide bonds. The van der Waals surface area contributed by atoms with Crippen molar-refractivity contribution in [2.24, 2.45) is 0 Å². The van der Waals surface area contributed by atoms with Gasteiger partial charge in [0.1, 0.15) is 0 Å². The van der Waals surface area contributed by atoms with Gasteiger partial charge < -0.3 is 0 Å². The second-order valence-electron chi connectivity index (χ2n) is 0.854. The minimum atomic E-state index is 1.40. The first-order valence-corrected chi connectivity index (χ1v) is 4.12. The molecule has 0 aromatic rings. The Morgan fingerprint density at radius 1 is 1.75 bits per heavy atom. The molecular weight excluding hydrogens is 80.2 g/mol. The van der Waals surface area contributed by atoms with Gasteiger partial charge in [-0.2, -0.15) is 0 Å². The van der Waals surface area contributed by atoms with E-state index in [9.17, 15) is 0 Å². The zero-order valence-electron chi connectivity index (χ0n) is 3.12. The van der Waals surface area contributed by atoms with Gasteiger partial charge in [-0.25, -0.2) is 0 Å².